The van der Waals surface area contributed by atoms with Crippen LogP contribution in [-0.4, -0.2) is 34.0 Å². The summed E-state index contributed by atoms with van der Waals surface area (Å²) in [6.45, 7) is 3.52. The standard InChI is InChI=1S/C19H23N3O3S2/c1-13(25-17(23)9-8-15-12-27-14(2)21-15)18(24)22(19-20-10-11-26-19)16-6-4-3-5-7-16/h8-13,16H,3-7H2,1-2H3. The summed E-state index contributed by atoms with van der Waals surface area (Å²) >= 11 is 2.94. The van der Waals surface area contributed by atoms with E-state index in [2.05, 4.69) is 9.97 Å². The van der Waals surface area contributed by atoms with Crippen LogP contribution in [-0.2, 0) is 14.3 Å². The number of hydrogen-bond donors (Lipinski definition) is 0. The van der Waals surface area contributed by atoms with E-state index in [1.165, 1.54) is 35.2 Å². The highest BCUT2D eigenvalue weighted by Gasteiger charge is 2.32. The molecule has 1 aliphatic carbocycles. The van der Waals surface area contributed by atoms with Gasteiger partial charge in [0.25, 0.3) is 5.91 Å². The molecule has 3 rings (SSSR count). The summed E-state index contributed by atoms with van der Waals surface area (Å²) in [7, 11) is 0. The van der Waals surface area contributed by atoms with Crippen molar-refractivity contribution < 1.29 is 14.3 Å². The lowest BCUT2D eigenvalue weighted by Gasteiger charge is -2.33. The summed E-state index contributed by atoms with van der Waals surface area (Å²) in [5, 5.41) is 5.32. The summed E-state index contributed by atoms with van der Waals surface area (Å²) in [5.41, 5.74) is 0.708. The van der Waals surface area contributed by atoms with Gasteiger partial charge in [-0.15, -0.1) is 22.7 Å². The molecule has 2 heterocycles. The fourth-order valence-electron chi connectivity index (χ4n) is 3.17. The molecular weight excluding hydrogens is 382 g/mol. The third-order valence-electron chi connectivity index (χ3n) is 4.47. The Morgan fingerprint density at radius 3 is 2.70 bits per heavy atom. The number of aromatic nitrogens is 2. The average Bonchev–Trinajstić information content (AvgIpc) is 3.33. The van der Waals surface area contributed by atoms with Gasteiger partial charge >= 0.3 is 5.97 Å². The number of aryl methyl sites for hydroxylation is 1. The lowest BCUT2D eigenvalue weighted by molar-refractivity contribution is -0.149. The minimum atomic E-state index is -0.870. The minimum absolute atomic E-state index is 0.118. The van der Waals surface area contributed by atoms with E-state index in [0.717, 1.165) is 30.7 Å². The SMILES string of the molecule is Cc1nc(C=CC(=O)OC(C)C(=O)N(c2nccs2)C2CCCCC2)cs1. The Morgan fingerprint density at radius 1 is 1.30 bits per heavy atom. The molecule has 6 nitrogen and oxygen atoms in total. The van der Waals surface area contributed by atoms with Gasteiger partial charge in [-0.2, -0.15) is 0 Å². The van der Waals surface area contributed by atoms with Crippen molar-refractivity contribution in [2.75, 3.05) is 4.90 Å². The highest BCUT2D eigenvalue weighted by atomic mass is 32.1. The molecule has 2 aromatic rings. The number of rotatable bonds is 6. The predicted molar refractivity (Wildman–Crippen MR) is 108 cm³/mol. The van der Waals surface area contributed by atoms with Gasteiger partial charge in [0.2, 0.25) is 0 Å². The molecule has 1 fully saturated rings. The van der Waals surface area contributed by atoms with Gasteiger partial charge in [-0.1, -0.05) is 19.3 Å². The molecule has 8 heteroatoms. The van der Waals surface area contributed by atoms with Crippen molar-refractivity contribution in [1.82, 2.24) is 9.97 Å². The highest BCUT2D eigenvalue weighted by molar-refractivity contribution is 7.13. The van der Waals surface area contributed by atoms with E-state index in [4.69, 9.17) is 4.74 Å². The second kappa shape index (κ2) is 9.23. The molecule has 0 bridgehead atoms. The van der Waals surface area contributed by atoms with Crippen molar-refractivity contribution in [2.24, 2.45) is 0 Å². The average molecular weight is 406 g/mol. The van der Waals surface area contributed by atoms with E-state index in [1.54, 1.807) is 24.1 Å². The van der Waals surface area contributed by atoms with Crippen LogP contribution in [0, 0.1) is 6.92 Å². The minimum Gasteiger partial charge on any atom is -0.449 e. The molecule has 0 saturated heterocycles. The van der Waals surface area contributed by atoms with Crippen LogP contribution in [0.4, 0.5) is 5.13 Å². The zero-order chi connectivity index (χ0) is 19.2. The van der Waals surface area contributed by atoms with E-state index in [0.29, 0.717) is 10.8 Å². The fourth-order valence-corrected chi connectivity index (χ4v) is 4.47. The molecule has 1 unspecified atom stereocenters. The number of ether oxygens (including phenoxy) is 1. The summed E-state index contributed by atoms with van der Waals surface area (Å²) < 4.78 is 5.35. The van der Waals surface area contributed by atoms with Gasteiger partial charge in [-0.25, -0.2) is 14.8 Å². The zero-order valence-corrected chi connectivity index (χ0v) is 17.1. The Kier molecular flexibility index (Phi) is 6.73. The van der Waals surface area contributed by atoms with Crippen molar-refractivity contribution in [2.45, 2.75) is 58.1 Å². The maximum Gasteiger partial charge on any atom is 0.331 e. The third-order valence-corrected chi connectivity index (χ3v) is 6.03. The topological polar surface area (TPSA) is 72.4 Å². The van der Waals surface area contributed by atoms with Crippen LogP contribution in [0.1, 0.15) is 49.7 Å². The molecule has 1 amide bonds. The fraction of sp³-hybridized carbons (Fsp3) is 0.474. The summed E-state index contributed by atoms with van der Waals surface area (Å²) in [6, 6.07) is 0.118. The van der Waals surface area contributed by atoms with Crippen molar-refractivity contribution in [1.29, 1.82) is 0 Å². The maximum absolute atomic E-state index is 13.0. The number of amides is 1. The molecule has 0 radical (unpaired) electrons. The molecule has 1 saturated carbocycles. The first-order valence-corrected chi connectivity index (χ1v) is 10.8. The Morgan fingerprint density at radius 2 is 2.07 bits per heavy atom. The van der Waals surface area contributed by atoms with Gasteiger partial charge in [0.05, 0.1) is 10.7 Å². The van der Waals surface area contributed by atoms with Gasteiger partial charge in [0.1, 0.15) is 0 Å². The molecule has 1 atom stereocenters. The van der Waals surface area contributed by atoms with Crippen molar-refractivity contribution in [3.05, 3.63) is 33.7 Å². The number of esters is 1. The van der Waals surface area contributed by atoms with Crippen molar-refractivity contribution in [3.63, 3.8) is 0 Å². The number of nitrogens with zero attached hydrogens (tertiary/aromatic N) is 3. The van der Waals surface area contributed by atoms with E-state index >= 15 is 0 Å². The van der Waals surface area contributed by atoms with E-state index < -0.39 is 12.1 Å². The number of thiazole rings is 2. The van der Waals surface area contributed by atoms with Crippen molar-refractivity contribution >= 4 is 45.8 Å². The predicted octanol–water partition coefficient (Wildman–Crippen LogP) is 4.22. The molecule has 0 aromatic carbocycles. The van der Waals surface area contributed by atoms with Crippen LogP contribution in [0.3, 0.4) is 0 Å². The molecule has 1 aliphatic rings. The molecule has 2 aromatic heterocycles. The first-order chi connectivity index (χ1) is 13.0. The normalized spacial score (nSPS) is 16.4. The van der Waals surface area contributed by atoms with Crippen LogP contribution in [0.5, 0.6) is 0 Å². The molecule has 27 heavy (non-hydrogen) atoms. The first-order valence-electron chi connectivity index (χ1n) is 9.08. The van der Waals surface area contributed by atoms with E-state index in [-0.39, 0.29) is 11.9 Å². The third kappa shape index (κ3) is 5.23. The lowest BCUT2D eigenvalue weighted by Crippen LogP contribution is -2.47. The monoisotopic (exact) mass is 405 g/mol. The molecule has 0 aliphatic heterocycles. The lowest BCUT2D eigenvalue weighted by atomic mass is 9.94. The van der Waals surface area contributed by atoms with Gasteiger partial charge in [0.15, 0.2) is 11.2 Å². The summed E-state index contributed by atoms with van der Waals surface area (Å²) in [4.78, 5) is 35.4. The van der Waals surface area contributed by atoms with Gasteiger partial charge in [-0.3, -0.25) is 9.69 Å². The molecule has 0 N–H and O–H groups in total. The second-order valence-electron chi connectivity index (χ2n) is 6.52. The number of hydrogen-bond acceptors (Lipinski definition) is 7. The zero-order valence-electron chi connectivity index (χ0n) is 15.5. The Hall–Kier alpha value is -2.06. The van der Waals surface area contributed by atoms with Crippen LogP contribution in [0.25, 0.3) is 6.08 Å². The van der Waals surface area contributed by atoms with Crippen LogP contribution in [0.2, 0.25) is 0 Å². The Bertz CT molecular complexity index is 795. The number of anilines is 1. The van der Waals surface area contributed by atoms with Gasteiger partial charge in [-0.05, 0) is 32.8 Å². The largest absolute Gasteiger partial charge is 0.449 e. The van der Waals surface area contributed by atoms with Crippen LogP contribution >= 0.6 is 22.7 Å². The number of carbonyl (C=O) groups is 2. The number of carbonyl (C=O) groups excluding carboxylic acids is 2. The quantitative estimate of drug-likeness (QED) is 0.531. The molecule has 144 valence electrons. The van der Waals surface area contributed by atoms with Crippen molar-refractivity contribution in [3.8, 4) is 0 Å². The van der Waals surface area contributed by atoms with E-state index in [9.17, 15) is 9.59 Å². The van der Waals surface area contributed by atoms with Crippen LogP contribution in [0.15, 0.2) is 23.0 Å². The molecular formula is C19H23N3O3S2. The summed E-state index contributed by atoms with van der Waals surface area (Å²) in [6.07, 6.45) is 9.04. The highest BCUT2D eigenvalue weighted by Crippen LogP contribution is 2.29. The van der Waals surface area contributed by atoms with E-state index in [1.807, 2.05) is 17.7 Å². The van der Waals surface area contributed by atoms with Gasteiger partial charge in [0, 0.05) is 29.1 Å². The second-order valence-corrected chi connectivity index (χ2v) is 8.45. The Balaban J connectivity index is 1.65. The van der Waals surface area contributed by atoms with Crippen LogP contribution < -0.4 is 4.90 Å². The maximum atomic E-state index is 13.0. The molecule has 0 spiro atoms. The first kappa shape index (κ1) is 19.7. The Labute approximate surface area is 166 Å². The van der Waals surface area contributed by atoms with Gasteiger partial charge < -0.3 is 4.74 Å². The smallest absolute Gasteiger partial charge is 0.331 e. The summed E-state index contributed by atoms with van der Waals surface area (Å²) in [5.74, 6) is -0.771.